The summed E-state index contributed by atoms with van der Waals surface area (Å²) in [5, 5.41) is 27.9. The number of rotatable bonds is 4. The smallest absolute Gasteiger partial charge is 0.201 e. The number of nitrogens with zero attached hydrogens (tertiary/aromatic N) is 2. The van der Waals surface area contributed by atoms with Crippen LogP contribution in [0.1, 0.15) is 18.9 Å². The molecule has 0 fully saturated rings. The Labute approximate surface area is 136 Å². The maximum absolute atomic E-state index is 9.36. The van der Waals surface area contributed by atoms with Crippen LogP contribution in [0.2, 0.25) is 0 Å². The van der Waals surface area contributed by atoms with Gasteiger partial charge in [0, 0.05) is 12.5 Å². The largest absolute Gasteiger partial charge is 0.396 e. The zero-order valence-corrected chi connectivity index (χ0v) is 13.0. The van der Waals surface area contributed by atoms with E-state index >= 15 is 0 Å². The molecule has 1 atom stereocenters. The van der Waals surface area contributed by atoms with Gasteiger partial charge in [0.1, 0.15) is 12.1 Å². The minimum atomic E-state index is -1.62. The molecule has 3 N–H and O–H groups in total. The number of hydrogen-bond acceptors (Lipinski definition) is 4. The van der Waals surface area contributed by atoms with Gasteiger partial charge in [-0.3, -0.25) is 0 Å². The summed E-state index contributed by atoms with van der Waals surface area (Å²) in [6.07, 6.45) is 6.13. The van der Waals surface area contributed by atoms with Crippen molar-refractivity contribution in [2.45, 2.75) is 18.9 Å². The van der Waals surface area contributed by atoms with Crippen LogP contribution in [-0.4, -0.2) is 17.3 Å². The molecule has 1 aromatic carbocycles. The molecule has 0 amide bonds. The standard InChI is InChI=1S/C19H19N3O/c1-14-16(9-10-23)7-8-18(19(22,12-20)13-21)17(14)11-15-5-3-2-4-6-15/h2-8,11,18,23H,9-10,22H2,1H3. The van der Waals surface area contributed by atoms with Gasteiger partial charge in [0.25, 0.3) is 0 Å². The molecule has 1 aliphatic rings. The Bertz CT molecular complexity index is 731. The van der Waals surface area contributed by atoms with Gasteiger partial charge < -0.3 is 10.8 Å². The van der Waals surface area contributed by atoms with Crippen molar-refractivity contribution >= 4 is 6.08 Å². The lowest BCUT2D eigenvalue weighted by molar-refractivity contribution is 0.300. The topological polar surface area (TPSA) is 93.8 Å². The summed E-state index contributed by atoms with van der Waals surface area (Å²) in [7, 11) is 0. The van der Waals surface area contributed by atoms with E-state index in [0.717, 1.165) is 22.3 Å². The third-order valence-corrected chi connectivity index (χ3v) is 4.10. The van der Waals surface area contributed by atoms with Crippen molar-refractivity contribution in [2.75, 3.05) is 6.61 Å². The van der Waals surface area contributed by atoms with Crippen LogP contribution in [0, 0.1) is 28.6 Å². The van der Waals surface area contributed by atoms with Gasteiger partial charge >= 0.3 is 0 Å². The predicted molar refractivity (Wildman–Crippen MR) is 89.6 cm³/mol. The van der Waals surface area contributed by atoms with Crippen molar-refractivity contribution < 1.29 is 5.11 Å². The second-order valence-electron chi connectivity index (χ2n) is 5.56. The summed E-state index contributed by atoms with van der Waals surface area (Å²) in [6, 6.07) is 13.6. The fraction of sp³-hybridized carbons (Fsp3) is 0.263. The van der Waals surface area contributed by atoms with E-state index in [1.54, 1.807) is 6.08 Å². The molecule has 0 saturated carbocycles. The highest BCUT2D eigenvalue weighted by Gasteiger charge is 2.38. The van der Waals surface area contributed by atoms with Gasteiger partial charge in [-0.1, -0.05) is 48.6 Å². The monoisotopic (exact) mass is 305 g/mol. The van der Waals surface area contributed by atoms with Crippen molar-refractivity contribution in [1.82, 2.24) is 0 Å². The average molecular weight is 305 g/mol. The van der Waals surface area contributed by atoms with Gasteiger partial charge in [0.15, 0.2) is 0 Å². The Morgan fingerprint density at radius 1 is 1.26 bits per heavy atom. The molecule has 0 aliphatic heterocycles. The zero-order chi connectivity index (χ0) is 16.9. The van der Waals surface area contributed by atoms with Gasteiger partial charge in [-0.2, -0.15) is 10.5 Å². The predicted octanol–water partition coefficient (Wildman–Crippen LogP) is 2.70. The minimum absolute atomic E-state index is 0.0462. The van der Waals surface area contributed by atoms with Crippen molar-refractivity contribution in [3.63, 3.8) is 0 Å². The third-order valence-electron chi connectivity index (χ3n) is 4.10. The molecule has 0 saturated heterocycles. The normalized spacial score (nSPS) is 19.5. The van der Waals surface area contributed by atoms with Gasteiger partial charge in [-0.25, -0.2) is 0 Å². The Hall–Kier alpha value is -2.66. The molecule has 116 valence electrons. The molecule has 0 aromatic heterocycles. The summed E-state index contributed by atoms with van der Waals surface area (Å²) in [5.41, 5.74) is 8.15. The molecule has 1 aromatic rings. The lowest BCUT2D eigenvalue weighted by Crippen LogP contribution is -2.45. The van der Waals surface area contributed by atoms with E-state index < -0.39 is 11.5 Å². The van der Waals surface area contributed by atoms with Gasteiger partial charge in [0.05, 0.1) is 0 Å². The van der Waals surface area contributed by atoms with Gasteiger partial charge in [0.2, 0.25) is 5.54 Å². The lowest BCUT2D eigenvalue weighted by atomic mass is 9.74. The average Bonchev–Trinajstić information content (AvgIpc) is 2.59. The summed E-state index contributed by atoms with van der Waals surface area (Å²) < 4.78 is 0. The van der Waals surface area contributed by atoms with Crippen LogP contribution in [0.15, 0.2) is 59.2 Å². The van der Waals surface area contributed by atoms with E-state index in [1.807, 2.05) is 61.5 Å². The summed E-state index contributed by atoms with van der Waals surface area (Å²) >= 11 is 0. The zero-order valence-electron chi connectivity index (χ0n) is 13.0. The molecule has 0 heterocycles. The molecule has 1 aliphatic carbocycles. The van der Waals surface area contributed by atoms with E-state index in [-0.39, 0.29) is 6.61 Å². The van der Waals surface area contributed by atoms with Crippen LogP contribution in [0.25, 0.3) is 6.08 Å². The van der Waals surface area contributed by atoms with Crippen molar-refractivity contribution in [2.24, 2.45) is 11.7 Å². The molecular weight excluding hydrogens is 286 g/mol. The number of allylic oxidation sites excluding steroid dienone is 2. The molecular formula is C19H19N3O. The second kappa shape index (κ2) is 7.07. The van der Waals surface area contributed by atoms with E-state index in [2.05, 4.69) is 0 Å². The Morgan fingerprint density at radius 3 is 2.48 bits per heavy atom. The van der Waals surface area contributed by atoms with Crippen molar-refractivity contribution in [1.29, 1.82) is 10.5 Å². The second-order valence-corrected chi connectivity index (χ2v) is 5.56. The Morgan fingerprint density at radius 2 is 1.91 bits per heavy atom. The molecule has 2 rings (SSSR count). The summed E-state index contributed by atoms with van der Waals surface area (Å²) in [5.74, 6) is -0.514. The highest BCUT2D eigenvalue weighted by atomic mass is 16.2. The Balaban J connectivity index is 2.57. The van der Waals surface area contributed by atoms with Crippen molar-refractivity contribution in [3.8, 4) is 12.1 Å². The van der Waals surface area contributed by atoms with Gasteiger partial charge in [-0.05, 0) is 35.6 Å². The van der Waals surface area contributed by atoms with Crippen LogP contribution in [-0.2, 0) is 0 Å². The van der Waals surface area contributed by atoms with Gasteiger partial charge in [-0.15, -0.1) is 0 Å². The first kappa shape index (κ1) is 16.7. The first-order chi connectivity index (χ1) is 11.1. The van der Waals surface area contributed by atoms with E-state index in [9.17, 15) is 15.6 Å². The highest BCUT2D eigenvalue weighted by molar-refractivity contribution is 5.64. The van der Waals surface area contributed by atoms with Crippen LogP contribution in [0.4, 0.5) is 0 Å². The van der Waals surface area contributed by atoms with E-state index in [4.69, 9.17) is 5.73 Å². The molecule has 4 heteroatoms. The molecule has 1 unspecified atom stereocenters. The van der Waals surface area contributed by atoms with E-state index in [1.165, 1.54) is 0 Å². The van der Waals surface area contributed by atoms with Crippen LogP contribution in [0.3, 0.4) is 0 Å². The SMILES string of the molecule is CC1=C(CCO)C=CC(C(N)(C#N)C#N)C1=Cc1ccccc1. The molecule has 0 bridgehead atoms. The third kappa shape index (κ3) is 3.40. The number of hydrogen-bond donors (Lipinski definition) is 2. The lowest BCUT2D eigenvalue weighted by Gasteiger charge is -2.30. The number of benzene rings is 1. The first-order valence-electron chi connectivity index (χ1n) is 7.43. The summed E-state index contributed by atoms with van der Waals surface area (Å²) in [4.78, 5) is 0. The van der Waals surface area contributed by atoms with Crippen LogP contribution < -0.4 is 5.73 Å². The number of aliphatic hydroxyl groups is 1. The number of nitriles is 2. The van der Waals surface area contributed by atoms with E-state index in [0.29, 0.717) is 6.42 Å². The summed E-state index contributed by atoms with van der Waals surface area (Å²) in [6.45, 7) is 1.98. The maximum Gasteiger partial charge on any atom is 0.201 e. The maximum atomic E-state index is 9.36. The molecule has 23 heavy (non-hydrogen) atoms. The van der Waals surface area contributed by atoms with Crippen LogP contribution in [0.5, 0.6) is 0 Å². The molecule has 0 spiro atoms. The van der Waals surface area contributed by atoms with Crippen LogP contribution >= 0.6 is 0 Å². The minimum Gasteiger partial charge on any atom is -0.396 e. The fourth-order valence-electron chi connectivity index (χ4n) is 2.74. The quantitative estimate of drug-likeness (QED) is 0.894. The Kier molecular flexibility index (Phi) is 5.13. The van der Waals surface area contributed by atoms with Crippen molar-refractivity contribution in [3.05, 3.63) is 64.8 Å². The molecule has 4 nitrogen and oxygen atoms in total. The highest BCUT2D eigenvalue weighted by Crippen LogP contribution is 2.37. The first-order valence-corrected chi connectivity index (χ1v) is 7.43. The fourth-order valence-corrected chi connectivity index (χ4v) is 2.74. The number of aliphatic hydroxyl groups excluding tert-OH is 1. The molecule has 0 radical (unpaired) electrons. The number of nitrogens with two attached hydrogens (primary N) is 1.